The van der Waals surface area contributed by atoms with Gasteiger partial charge in [-0.25, -0.2) is 8.42 Å². The van der Waals surface area contributed by atoms with E-state index in [-0.39, 0.29) is 23.3 Å². The maximum absolute atomic E-state index is 13.3. The quantitative estimate of drug-likeness (QED) is 0.581. The molecular formula is C27H37N3O4S. The molecule has 2 aromatic rings. The minimum atomic E-state index is -3.20. The first-order valence-electron chi connectivity index (χ1n) is 12.1. The zero-order valence-corrected chi connectivity index (χ0v) is 22.1. The van der Waals surface area contributed by atoms with Gasteiger partial charge in [0.1, 0.15) is 6.04 Å². The Balaban J connectivity index is 1.56. The number of nitrogens with zero attached hydrogens (tertiary/aromatic N) is 1. The van der Waals surface area contributed by atoms with Crippen molar-refractivity contribution in [1.29, 1.82) is 0 Å². The van der Waals surface area contributed by atoms with Gasteiger partial charge in [0.2, 0.25) is 5.91 Å². The van der Waals surface area contributed by atoms with Crippen molar-refractivity contribution in [2.24, 2.45) is 5.92 Å². The fourth-order valence-corrected chi connectivity index (χ4v) is 4.92. The van der Waals surface area contributed by atoms with Crippen LogP contribution in [0.3, 0.4) is 0 Å². The number of hydrogen-bond acceptors (Lipinski definition) is 5. The molecule has 1 aliphatic heterocycles. The van der Waals surface area contributed by atoms with Gasteiger partial charge >= 0.3 is 0 Å². The highest BCUT2D eigenvalue weighted by molar-refractivity contribution is 7.90. The molecule has 0 aliphatic carbocycles. The maximum Gasteiger partial charge on any atom is 0.251 e. The average Bonchev–Trinajstić information content (AvgIpc) is 2.81. The van der Waals surface area contributed by atoms with Crippen LogP contribution < -0.4 is 10.6 Å². The van der Waals surface area contributed by atoms with Gasteiger partial charge in [-0.05, 0) is 62.4 Å². The number of piperidine rings is 1. The molecule has 2 amide bonds. The number of amides is 2. The lowest BCUT2D eigenvalue weighted by molar-refractivity contribution is -0.136. The van der Waals surface area contributed by atoms with Gasteiger partial charge in [-0.2, -0.15) is 0 Å². The summed E-state index contributed by atoms with van der Waals surface area (Å²) in [6, 6.07) is 13.7. The van der Waals surface area contributed by atoms with Crippen LogP contribution in [0.4, 0.5) is 0 Å². The van der Waals surface area contributed by atoms with E-state index in [4.69, 9.17) is 0 Å². The highest BCUT2D eigenvalue weighted by Gasteiger charge is 2.35. The zero-order chi connectivity index (χ0) is 25.8. The summed E-state index contributed by atoms with van der Waals surface area (Å²) in [6.45, 7) is 9.82. The second-order valence-electron chi connectivity index (χ2n) is 10.2. The number of hydrogen-bond donors (Lipinski definition) is 2. The predicted octanol–water partition coefficient (Wildman–Crippen LogP) is 3.32. The van der Waals surface area contributed by atoms with Gasteiger partial charge in [0.15, 0.2) is 9.84 Å². The molecule has 7 nitrogen and oxygen atoms in total. The SMILES string of the molecule is Cc1cccc(C(=O)N[C@@H](C(=O)N2CCC(C)(NCc3ccc(S(C)(=O)=O)cc3)CC2)C(C)C)c1. The molecule has 0 bridgehead atoms. The Morgan fingerprint density at radius 3 is 2.23 bits per heavy atom. The van der Waals surface area contributed by atoms with Gasteiger partial charge in [0.05, 0.1) is 4.90 Å². The highest BCUT2D eigenvalue weighted by atomic mass is 32.2. The first-order valence-corrected chi connectivity index (χ1v) is 14.0. The summed E-state index contributed by atoms with van der Waals surface area (Å²) in [5.41, 5.74) is 2.43. The summed E-state index contributed by atoms with van der Waals surface area (Å²) in [5, 5.41) is 6.54. The van der Waals surface area contributed by atoms with Crippen LogP contribution in [0.1, 0.15) is 55.1 Å². The Hall–Kier alpha value is -2.71. The Bertz CT molecular complexity index is 1150. The van der Waals surface area contributed by atoms with Gasteiger partial charge in [-0.1, -0.05) is 43.7 Å². The van der Waals surface area contributed by atoms with E-state index in [9.17, 15) is 18.0 Å². The molecule has 3 rings (SSSR count). The maximum atomic E-state index is 13.3. The standard InChI is InChI=1S/C27H37N3O4S/c1-19(2)24(29-25(31)22-8-6-7-20(3)17-22)26(32)30-15-13-27(4,14-16-30)28-18-21-9-11-23(12-10-21)35(5,33)34/h6-12,17,19,24,28H,13-16,18H2,1-5H3,(H,29,31)/t24-/m1/s1. The van der Waals surface area contributed by atoms with Crippen LogP contribution in [-0.2, 0) is 21.2 Å². The molecule has 0 aromatic heterocycles. The van der Waals surface area contributed by atoms with Crippen molar-refractivity contribution in [3.8, 4) is 0 Å². The Morgan fingerprint density at radius 1 is 1.06 bits per heavy atom. The van der Waals surface area contributed by atoms with Crippen molar-refractivity contribution in [3.05, 3.63) is 65.2 Å². The van der Waals surface area contributed by atoms with Gasteiger partial charge in [-0.15, -0.1) is 0 Å². The molecule has 35 heavy (non-hydrogen) atoms. The number of aryl methyl sites for hydroxylation is 1. The van der Waals surface area contributed by atoms with Crippen LogP contribution in [0.15, 0.2) is 53.4 Å². The van der Waals surface area contributed by atoms with Gasteiger partial charge in [0, 0.05) is 37.0 Å². The average molecular weight is 500 g/mol. The molecule has 0 saturated carbocycles. The third-order valence-corrected chi connectivity index (χ3v) is 7.88. The second kappa shape index (κ2) is 10.9. The second-order valence-corrected chi connectivity index (χ2v) is 12.2. The van der Waals surface area contributed by atoms with Crippen molar-refractivity contribution >= 4 is 21.7 Å². The Kier molecular flexibility index (Phi) is 8.38. The number of nitrogens with one attached hydrogen (secondary N) is 2. The van der Waals surface area contributed by atoms with Crippen LogP contribution in [0.5, 0.6) is 0 Å². The molecular weight excluding hydrogens is 462 g/mol. The third-order valence-electron chi connectivity index (χ3n) is 6.75. The largest absolute Gasteiger partial charge is 0.341 e. The van der Waals surface area contributed by atoms with Crippen LogP contribution in [-0.4, -0.2) is 56.1 Å². The van der Waals surface area contributed by atoms with Crippen LogP contribution in [0.2, 0.25) is 0 Å². The van der Waals surface area contributed by atoms with E-state index < -0.39 is 15.9 Å². The van der Waals surface area contributed by atoms with E-state index in [1.165, 1.54) is 6.26 Å². The molecule has 0 unspecified atom stereocenters. The highest BCUT2D eigenvalue weighted by Crippen LogP contribution is 2.24. The monoisotopic (exact) mass is 499 g/mol. The van der Waals surface area contributed by atoms with E-state index in [2.05, 4.69) is 17.6 Å². The van der Waals surface area contributed by atoms with Crippen molar-refractivity contribution in [1.82, 2.24) is 15.5 Å². The minimum Gasteiger partial charge on any atom is -0.341 e. The topological polar surface area (TPSA) is 95.6 Å². The molecule has 0 spiro atoms. The molecule has 1 atom stereocenters. The number of sulfone groups is 1. The van der Waals surface area contributed by atoms with Crippen molar-refractivity contribution in [3.63, 3.8) is 0 Å². The van der Waals surface area contributed by atoms with E-state index in [1.54, 1.807) is 18.2 Å². The van der Waals surface area contributed by atoms with Crippen LogP contribution in [0.25, 0.3) is 0 Å². The summed E-state index contributed by atoms with van der Waals surface area (Å²) in [6.07, 6.45) is 2.78. The number of likely N-dealkylation sites (tertiary alicyclic amines) is 1. The minimum absolute atomic E-state index is 0.0300. The fourth-order valence-electron chi connectivity index (χ4n) is 4.29. The molecule has 1 fully saturated rings. The van der Waals surface area contributed by atoms with Gasteiger partial charge in [0.25, 0.3) is 5.91 Å². The fraction of sp³-hybridized carbons (Fsp3) is 0.481. The first kappa shape index (κ1) is 26.9. The molecule has 1 saturated heterocycles. The van der Waals surface area contributed by atoms with Crippen molar-refractivity contribution < 1.29 is 18.0 Å². The lowest BCUT2D eigenvalue weighted by atomic mass is 9.88. The molecule has 2 aromatic carbocycles. The molecule has 1 aliphatic rings. The summed E-state index contributed by atoms with van der Waals surface area (Å²) in [4.78, 5) is 28.3. The molecule has 8 heteroatoms. The van der Waals surface area contributed by atoms with Crippen LogP contribution in [0, 0.1) is 12.8 Å². The lowest BCUT2D eigenvalue weighted by Gasteiger charge is -2.41. The van der Waals surface area contributed by atoms with Crippen molar-refractivity contribution in [2.75, 3.05) is 19.3 Å². The van der Waals surface area contributed by atoms with E-state index in [0.717, 1.165) is 24.0 Å². The number of carbonyl (C=O) groups excluding carboxylic acids is 2. The Morgan fingerprint density at radius 2 is 1.69 bits per heavy atom. The molecule has 190 valence electrons. The molecule has 2 N–H and O–H groups in total. The van der Waals surface area contributed by atoms with E-state index >= 15 is 0 Å². The summed E-state index contributed by atoms with van der Waals surface area (Å²) in [5.74, 6) is -0.303. The molecule has 0 radical (unpaired) electrons. The smallest absolute Gasteiger partial charge is 0.251 e. The lowest BCUT2D eigenvalue weighted by Crippen LogP contribution is -2.57. The molecule has 1 heterocycles. The summed E-state index contributed by atoms with van der Waals surface area (Å²) >= 11 is 0. The predicted molar refractivity (Wildman–Crippen MR) is 138 cm³/mol. The van der Waals surface area contributed by atoms with Crippen molar-refractivity contribution in [2.45, 2.75) is 63.6 Å². The van der Waals surface area contributed by atoms with E-state index in [0.29, 0.717) is 30.1 Å². The third kappa shape index (κ3) is 7.15. The normalized spacial score (nSPS) is 16.7. The first-order chi connectivity index (χ1) is 16.4. The Labute approximate surface area is 209 Å². The van der Waals surface area contributed by atoms with Crippen LogP contribution >= 0.6 is 0 Å². The van der Waals surface area contributed by atoms with Gasteiger partial charge in [-0.3, -0.25) is 9.59 Å². The zero-order valence-electron chi connectivity index (χ0n) is 21.3. The van der Waals surface area contributed by atoms with E-state index in [1.807, 2.05) is 56.0 Å². The summed E-state index contributed by atoms with van der Waals surface area (Å²) < 4.78 is 23.3. The number of rotatable bonds is 8. The van der Waals surface area contributed by atoms with Gasteiger partial charge < -0.3 is 15.5 Å². The summed E-state index contributed by atoms with van der Waals surface area (Å²) in [7, 11) is -3.20. The number of carbonyl (C=O) groups is 2. The number of benzene rings is 2.